The minimum Gasteiger partial charge on any atom is -0.493 e. The Balaban J connectivity index is 2.11. The fraction of sp³-hybridized carbons (Fsp3) is 0.167. The Bertz CT molecular complexity index is 695. The molecule has 0 bridgehead atoms. The zero-order chi connectivity index (χ0) is 15.9. The van der Waals surface area contributed by atoms with Gasteiger partial charge in [-0.25, -0.2) is 0 Å². The van der Waals surface area contributed by atoms with E-state index >= 15 is 0 Å². The van der Waals surface area contributed by atoms with E-state index in [4.69, 9.17) is 4.74 Å². The van der Waals surface area contributed by atoms with Gasteiger partial charge in [0.2, 0.25) is 5.91 Å². The van der Waals surface area contributed by atoms with E-state index in [0.717, 1.165) is 27.0 Å². The number of amides is 1. The van der Waals surface area contributed by atoms with Crippen LogP contribution in [0.25, 0.3) is 6.08 Å². The van der Waals surface area contributed by atoms with Gasteiger partial charge in [-0.05, 0) is 55.8 Å². The third-order valence-electron chi connectivity index (χ3n) is 2.97. The second-order valence-electron chi connectivity index (χ2n) is 4.81. The molecule has 0 aromatic heterocycles. The van der Waals surface area contributed by atoms with Crippen LogP contribution in [0.1, 0.15) is 18.1 Å². The summed E-state index contributed by atoms with van der Waals surface area (Å²) >= 11 is 3.43. The highest BCUT2D eigenvalue weighted by Gasteiger charge is 2.03. The Hall–Kier alpha value is -2.07. The van der Waals surface area contributed by atoms with Crippen LogP contribution in [-0.2, 0) is 4.79 Å². The van der Waals surface area contributed by atoms with Gasteiger partial charge in [-0.1, -0.05) is 28.1 Å². The molecule has 2 aromatic carbocycles. The van der Waals surface area contributed by atoms with Gasteiger partial charge in [0.1, 0.15) is 5.75 Å². The summed E-state index contributed by atoms with van der Waals surface area (Å²) in [5.74, 6) is 0.582. The molecule has 0 atom stereocenters. The van der Waals surface area contributed by atoms with Crippen molar-refractivity contribution < 1.29 is 9.53 Å². The van der Waals surface area contributed by atoms with Crippen LogP contribution in [0.5, 0.6) is 5.75 Å². The summed E-state index contributed by atoms with van der Waals surface area (Å²) in [6, 6.07) is 13.4. The minimum absolute atomic E-state index is 0.173. The first-order valence-electron chi connectivity index (χ1n) is 7.06. The molecule has 2 rings (SSSR count). The van der Waals surface area contributed by atoms with Crippen LogP contribution in [-0.4, -0.2) is 12.5 Å². The van der Waals surface area contributed by atoms with Crippen LogP contribution in [0, 0.1) is 6.92 Å². The maximum Gasteiger partial charge on any atom is 0.248 e. The van der Waals surface area contributed by atoms with Crippen LogP contribution in [0.3, 0.4) is 0 Å². The lowest BCUT2D eigenvalue weighted by atomic mass is 10.2. The normalized spacial score (nSPS) is 10.7. The average molecular weight is 360 g/mol. The number of benzene rings is 2. The number of aryl methyl sites for hydroxylation is 1. The van der Waals surface area contributed by atoms with E-state index in [1.54, 1.807) is 6.08 Å². The zero-order valence-corrected chi connectivity index (χ0v) is 14.2. The summed E-state index contributed by atoms with van der Waals surface area (Å²) in [5, 5.41) is 2.84. The van der Waals surface area contributed by atoms with Crippen molar-refractivity contribution in [3.8, 4) is 5.75 Å². The van der Waals surface area contributed by atoms with Crippen LogP contribution >= 0.6 is 15.9 Å². The van der Waals surface area contributed by atoms with Crippen molar-refractivity contribution in [3.63, 3.8) is 0 Å². The van der Waals surface area contributed by atoms with Crippen LogP contribution in [0.2, 0.25) is 0 Å². The van der Waals surface area contributed by atoms with Gasteiger partial charge in [0.15, 0.2) is 0 Å². The highest BCUT2D eigenvalue weighted by Crippen LogP contribution is 2.24. The number of hydrogen-bond acceptors (Lipinski definition) is 2. The fourth-order valence-electron chi connectivity index (χ4n) is 2.01. The lowest BCUT2D eigenvalue weighted by molar-refractivity contribution is -0.111. The van der Waals surface area contributed by atoms with E-state index in [-0.39, 0.29) is 5.91 Å². The molecule has 2 aromatic rings. The molecule has 0 radical (unpaired) electrons. The smallest absolute Gasteiger partial charge is 0.248 e. The predicted molar refractivity (Wildman–Crippen MR) is 94.2 cm³/mol. The van der Waals surface area contributed by atoms with E-state index in [1.807, 2.05) is 56.3 Å². The molecular weight excluding hydrogens is 342 g/mol. The molecule has 1 N–H and O–H groups in total. The minimum atomic E-state index is -0.173. The highest BCUT2D eigenvalue weighted by molar-refractivity contribution is 9.10. The van der Waals surface area contributed by atoms with Crippen molar-refractivity contribution in [2.45, 2.75) is 13.8 Å². The zero-order valence-electron chi connectivity index (χ0n) is 12.6. The van der Waals surface area contributed by atoms with Gasteiger partial charge in [0, 0.05) is 21.8 Å². The molecule has 0 fully saturated rings. The van der Waals surface area contributed by atoms with Gasteiger partial charge in [-0.15, -0.1) is 0 Å². The van der Waals surface area contributed by atoms with Gasteiger partial charge in [-0.2, -0.15) is 0 Å². The van der Waals surface area contributed by atoms with Crippen molar-refractivity contribution in [2.24, 2.45) is 0 Å². The third-order valence-corrected chi connectivity index (χ3v) is 3.46. The summed E-state index contributed by atoms with van der Waals surface area (Å²) in [4.78, 5) is 12.0. The molecule has 0 spiro atoms. The fourth-order valence-corrected chi connectivity index (χ4v) is 2.39. The van der Waals surface area contributed by atoms with Crippen molar-refractivity contribution in [2.75, 3.05) is 11.9 Å². The van der Waals surface area contributed by atoms with E-state index in [2.05, 4.69) is 21.2 Å². The first-order chi connectivity index (χ1) is 10.6. The largest absolute Gasteiger partial charge is 0.493 e. The lowest BCUT2D eigenvalue weighted by Crippen LogP contribution is -2.07. The molecule has 114 valence electrons. The molecule has 0 aliphatic carbocycles. The molecule has 0 heterocycles. The molecule has 3 nitrogen and oxygen atoms in total. The Morgan fingerprint density at radius 2 is 2.09 bits per heavy atom. The summed E-state index contributed by atoms with van der Waals surface area (Å²) in [5.41, 5.74) is 2.75. The molecule has 0 aliphatic heterocycles. The van der Waals surface area contributed by atoms with Gasteiger partial charge >= 0.3 is 0 Å². The molecule has 1 amide bonds. The monoisotopic (exact) mass is 359 g/mol. The van der Waals surface area contributed by atoms with Gasteiger partial charge in [-0.3, -0.25) is 4.79 Å². The Labute approximate surface area is 139 Å². The predicted octanol–water partition coefficient (Wildman–Crippen LogP) is 4.81. The summed E-state index contributed by atoms with van der Waals surface area (Å²) in [7, 11) is 0. The van der Waals surface area contributed by atoms with Gasteiger partial charge < -0.3 is 10.1 Å². The number of ether oxygens (including phenoxy) is 1. The SMILES string of the molecule is CCOc1ccc(Br)cc1/C=C/C(=O)Nc1cccc(C)c1. The average Bonchev–Trinajstić information content (AvgIpc) is 2.48. The van der Waals surface area contributed by atoms with E-state index in [1.165, 1.54) is 6.08 Å². The molecule has 0 saturated heterocycles. The number of carbonyl (C=O) groups is 1. The molecule has 4 heteroatoms. The topological polar surface area (TPSA) is 38.3 Å². The molecule has 22 heavy (non-hydrogen) atoms. The number of carbonyl (C=O) groups excluding carboxylic acids is 1. The van der Waals surface area contributed by atoms with E-state index < -0.39 is 0 Å². The van der Waals surface area contributed by atoms with Crippen LogP contribution < -0.4 is 10.1 Å². The molecule has 0 unspecified atom stereocenters. The Morgan fingerprint density at radius 1 is 1.27 bits per heavy atom. The Kier molecular flexibility index (Phi) is 5.78. The van der Waals surface area contributed by atoms with E-state index in [9.17, 15) is 4.79 Å². The summed E-state index contributed by atoms with van der Waals surface area (Å²) in [6.07, 6.45) is 3.26. The first-order valence-corrected chi connectivity index (χ1v) is 7.86. The third kappa shape index (κ3) is 4.74. The molecule has 0 aliphatic rings. The van der Waals surface area contributed by atoms with Crippen molar-refractivity contribution in [3.05, 3.63) is 64.1 Å². The maximum atomic E-state index is 12.0. The second kappa shape index (κ2) is 7.80. The van der Waals surface area contributed by atoms with Gasteiger partial charge in [0.25, 0.3) is 0 Å². The van der Waals surface area contributed by atoms with Crippen LogP contribution in [0.15, 0.2) is 53.0 Å². The van der Waals surface area contributed by atoms with Gasteiger partial charge in [0.05, 0.1) is 6.61 Å². The number of halogens is 1. The number of hydrogen-bond donors (Lipinski definition) is 1. The number of nitrogens with one attached hydrogen (secondary N) is 1. The highest BCUT2D eigenvalue weighted by atomic mass is 79.9. The number of anilines is 1. The maximum absolute atomic E-state index is 12.0. The number of rotatable bonds is 5. The van der Waals surface area contributed by atoms with E-state index in [0.29, 0.717) is 6.61 Å². The second-order valence-corrected chi connectivity index (χ2v) is 5.72. The lowest BCUT2D eigenvalue weighted by Gasteiger charge is -2.07. The summed E-state index contributed by atoms with van der Waals surface area (Å²) in [6.45, 7) is 4.50. The quantitative estimate of drug-likeness (QED) is 0.778. The molecule has 0 saturated carbocycles. The van der Waals surface area contributed by atoms with Crippen molar-refractivity contribution in [1.29, 1.82) is 0 Å². The van der Waals surface area contributed by atoms with Crippen LogP contribution in [0.4, 0.5) is 5.69 Å². The summed E-state index contributed by atoms with van der Waals surface area (Å²) < 4.78 is 6.49. The Morgan fingerprint density at radius 3 is 2.82 bits per heavy atom. The molecular formula is C18H18BrNO2. The van der Waals surface area contributed by atoms with Crippen molar-refractivity contribution in [1.82, 2.24) is 0 Å². The first kappa shape index (κ1) is 16.3. The standard InChI is InChI=1S/C18H18BrNO2/c1-3-22-17-9-8-15(19)12-14(17)7-10-18(21)20-16-6-4-5-13(2)11-16/h4-12H,3H2,1-2H3,(H,20,21)/b10-7+. The van der Waals surface area contributed by atoms with Crippen molar-refractivity contribution >= 4 is 33.6 Å².